The van der Waals surface area contributed by atoms with Crippen LogP contribution in [-0.2, 0) is 9.47 Å². The summed E-state index contributed by atoms with van der Waals surface area (Å²) < 4.78 is 11.5. The summed E-state index contributed by atoms with van der Waals surface area (Å²) in [4.78, 5) is 0. The average molecular weight is 243 g/mol. The molecule has 1 N–H and O–H groups in total. The van der Waals surface area contributed by atoms with E-state index in [4.69, 9.17) is 9.47 Å². The Balaban J connectivity index is 2.38. The van der Waals surface area contributed by atoms with Gasteiger partial charge in [-0.1, -0.05) is 13.8 Å². The molecule has 0 aromatic rings. The SMILES string of the molecule is CCOC(C(C)C)C(CCC1CCCO1)NC. The van der Waals surface area contributed by atoms with Gasteiger partial charge in [-0.05, 0) is 45.6 Å². The maximum absolute atomic E-state index is 5.87. The van der Waals surface area contributed by atoms with Gasteiger partial charge < -0.3 is 14.8 Å². The first-order valence-corrected chi connectivity index (χ1v) is 7.09. The third-order valence-electron chi connectivity index (χ3n) is 3.61. The molecule has 1 fully saturated rings. The van der Waals surface area contributed by atoms with E-state index in [0.717, 1.165) is 26.1 Å². The van der Waals surface area contributed by atoms with Gasteiger partial charge in [0.1, 0.15) is 0 Å². The summed E-state index contributed by atoms with van der Waals surface area (Å²) in [5.41, 5.74) is 0. The van der Waals surface area contributed by atoms with Crippen LogP contribution in [0.1, 0.15) is 46.5 Å². The van der Waals surface area contributed by atoms with Gasteiger partial charge in [-0.3, -0.25) is 0 Å². The number of hydrogen-bond acceptors (Lipinski definition) is 3. The zero-order valence-corrected chi connectivity index (χ0v) is 11.9. The third kappa shape index (κ3) is 4.94. The highest BCUT2D eigenvalue weighted by atomic mass is 16.5. The maximum Gasteiger partial charge on any atom is 0.0750 e. The van der Waals surface area contributed by atoms with Crippen molar-refractivity contribution in [1.29, 1.82) is 0 Å². The van der Waals surface area contributed by atoms with Gasteiger partial charge in [0, 0.05) is 19.3 Å². The number of ether oxygens (including phenoxy) is 2. The molecule has 0 aliphatic carbocycles. The molecule has 3 nitrogen and oxygen atoms in total. The van der Waals surface area contributed by atoms with E-state index in [9.17, 15) is 0 Å². The Kier molecular flexibility index (Phi) is 7.09. The first-order chi connectivity index (χ1) is 8.19. The Hall–Kier alpha value is -0.120. The molecule has 1 aliphatic rings. The summed E-state index contributed by atoms with van der Waals surface area (Å²) in [6.07, 6.45) is 5.56. The first kappa shape index (κ1) is 14.9. The third-order valence-corrected chi connectivity index (χ3v) is 3.61. The molecule has 3 atom stereocenters. The Morgan fingerprint density at radius 2 is 2.18 bits per heavy atom. The molecule has 0 aromatic carbocycles. The Bertz CT molecular complexity index is 191. The van der Waals surface area contributed by atoms with E-state index in [1.54, 1.807) is 0 Å². The van der Waals surface area contributed by atoms with Crippen molar-refractivity contribution >= 4 is 0 Å². The molecule has 102 valence electrons. The minimum atomic E-state index is 0.311. The molecule has 0 spiro atoms. The highest BCUT2D eigenvalue weighted by molar-refractivity contribution is 4.80. The van der Waals surface area contributed by atoms with Gasteiger partial charge in [0.15, 0.2) is 0 Å². The van der Waals surface area contributed by atoms with E-state index < -0.39 is 0 Å². The standard InChI is InChI=1S/C14H29NO2/c1-5-16-14(11(2)3)13(15-4)9-8-12-7-6-10-17-12/h11-15H,5-10H2,1-4H3. The molecule has 1 rings (SSSR count). The van der Waals surface area contributed by atoms with Gasteiger partial charge >= 0.3 is 0 Å². The van der Waals surface area contributed by atoms with Crippen LogP contribution in [0.15, 0.2) is 0 Å². The summed E-state index contributed by atoms with van der Waals surface area (Å²) in [5.74, 6) is 0.553. The quantitative estimate of drug-likeness (QED) is 0.711. The van der Waals surface area contributed by atoms with Crippen molar-refractivity contribution in [2.24, 2.45) is 5.92 Å². The highest BCUT2D eigenvalue weighted by Crippen LogP contribution is 2.21. The van der Waals surface area contributed by atoms with Gasteiger partial charge in [-0.15, -0.1) is 0 Å². The number of hydrogen-bond donors (Lipinski definition) is 1. The monoisotopic (exact) mass is 243 g/mol. The first-order valence-electron chi connectivity index (χ1n) is 7.09. The molecule has 0 bridgehead atoms. The van der Waals surface area contributed by atoms with Crippen LogP contribution >= 0.6 is 0 Å². The summed E-state index contributed by atoms with van der Waals surface area (Å²) in [5, 5.41) is 3.41. The lowest BCUT2D eigenvalue weighted by Crippen LogP contribution is -2.43. The number of likely N-dealkylation sites (N-methyl/N-ethyl adjacent to an activating group) is 1. The van der Waals surface area contributed by atoms with Crippen LogP contribution in [0.3, 0.4) is 0 Å². The van der Waals surface area contributed by atoms with Crippen molar-refractivity contribution in [3.8, 4) is 0 Å². The van der Waals surface area contributed by atoms with E-state index in [-0.39, 0.29) is 0 Å². The molecule has 0 saturated carbocycles. The topological polar surface area (TPSA) is 30.5 Å². The van der Waals surface area contributed by atoms with E-state index in [2.05, 4.69) is 26.1 Å². The predicted octanol–water partition coefficient (Wildman–Crippen LogP) is 2.59. The van der Waals surface area contributed by atoms with Crippen molar-refractivity contribution in [2.75, 3.05) is 20.3 Å². The van der Waals surface area contributed by atoms with Gasteiger partial charge in [0.05, 0.1) is 12.2 Å². The van der Waals surface area contributed by atoms with Crippen molar-refractivity contribution in [1.82, 2.24) is 5.32 Å². The number of nitrogens with one attached hydrogen (secondary N) is 1. The maximum atomic E-state index is 5.87. The second kappa shape index (κ2) is 8.06. The lowest BCUT2D eigenvalue weighted by molar-refractivity contribution is -0.00119. The lowest BCUT2D eigenvalue weighted by Gasteiger charge is -2.30. The zero-order chi connectivity index (χ0) is 12.7. The summed E-state index contributed by atoms with van der Waals surface area (Å²) in [6.45, 7) is 8.28. The molecule has 1 aliphatic heterocycles. The Labute approximate surface area is 106 Å². The van der Waals surface area contributed by atoms with Crippen molar-refractivity contribution in [2.45, 2.75) is 64.7 Å². The van der Waals surface area contributed by atoms with Crippen LogP contribution in [0.5, 0.6) is 0 Å². The van der Waals surface area contributed by atoms with Gasteiger partial charge in [0.2, 0.25) is 0 Å². The fourth-order valence-electron chi connectivity index (χ4n) is 2.68. The van der Waals surface area contributed by atoms with Crippen molar-refractivity contribution in [3.05, 3.63) is 0 Å². The second-order valence-electron chi connectivity index (χ2n) is 5.27. The van der Waals surface area contributed by atoms with Crippen LogP contribution in [0.2, 0.25) is 0 Å². The van der Waals surface area contributed by atoms with Crippen molar-refractivity contribution in [3.63, 3.8) is 0 Å². The molecule has 3 heteroatoms. The summed E-state index contributed by atoms with van der Waals surface area (Å²) in [7, 11) is 2.04. The lowest BCUT2D eigenvalue weighted by atomic mass is 9.94. The fourth-order valence-corrected chi connectivity index (χ4v) is 2.68. The van der Waals surface area contributed by atoms with Gasteiger partial charge in [0.25, 0.3) is 0 Å². The second-order valence-corrected chi connectivity index (χ2v) is 5.27. The van der Waals surface area contributed by atoms with E-state index in [0.29, 0.717) is 24.2 Å². The van der Waals surface area contributed by atoms with Crippen LogP contribution in [0.25, 0.3) is 0 Å². The van der Waals surface area contributed by atoms with Crippen molar-refractivity contribution < 1.29 is 9.47 Å². The average Bonchev–Trinajstić information content (AvgIpc) is 2.81. The molecular weight excluding hydrogens is 214 g/mol. The van der Waals surface area contributed by atoms with E-state index >= 15 is 0 Å². The molecule has 17 heavy (non-hydrogen) atoms. The highest BCUT2D eigenvalue weighted by Gasteiger charge is 2.25. The van der Waals surface area contributed by atoms with Crippen LogP contribution < -0.4 is 5.32 Å². The molecule has 0 radical (unpaired) electrons. The van der Waals surface area contributed by atoms with Gasteiger partial charge in [-0.2, -0.15) is 0 Å². The van der Waals surface area contributed by atoms with Gasteiger partial charge in [-0.25, -0.2) is 0 Å². The minimum Gasteiger partial charge on any atom is -0.378 e. The van der Waals surface area contributed by atoms with E-state index in [1.807, 2.05) is 7.05 Å². The molecule has 3 unspecified atom stereocenters. The molecule has 1 saturated heterocycles. The minimum absolute atomic E-state index is 0.311. The van der Waals surface area contributed by atoms with Crippen LogP contribution in [-0.4, -0.2) is 38.5 Å². The Morgan fingerprint density at radius 3 is 2.65 bits per heavy atom. The fraction of sp³-hybridized carbons (Fsp3) is 1.00. The number of rotatable bonds is 8. The normalized spacial score (nSPS) is 24.2. The van der Waals surface area contributed by atoms with E-state index in [1.165, 1.54) is 12.8 Å². The summed E-state index contributed by atoms with van der Waals surface area (Å²) >= 11 is 0. The Morgan fingerprint density at radius 1 is 1.41 bits per heavy atom. The largest absolute Gasteiger partial charge is 0.378 e. The summed E-state index contributed by atoms with van der Waals surface area (Å²) in [6, 6.07) is 0.444. The predicted molar refractivity (Wildman–Crippen MR) is 71.3 cm³/mol. The molecular formula is C14H29NO2. The van der Waals surface area contributed by atoms with Crippen LogP contribution in [0, 0.1) is 5.92 Å². The molecule has 0 amide bonds. The smallest absolute Gasteiger partial charge is 0.0750 e. The van der Waals surface area contributed by atoms with Crippen LogP contribution in [0.4, 0.5) is 0 Å². The molecule has 0 aromatic heterocycles. The zero-order valence-electron chi connectivity index (χ0n) is 11.9. The molecule has 1 heterocycles.